The Morgan fingerprint density at radius 2 is 1.81 bits per heavy atom. The molecule has 0 aliphatic heterocycles. The molecule has 0 heterocycles. The Labute approximate surface area is 115 Å². The summed E-state index contributed by atoms with van der Waals surface area (Å²) in [5, 5.41) is 10.1. The molecule has 1 rings (SSSR count). The van der Waals surface area contributed by atoms with Crippen LogP contribution in [0.1, 0.15) is 5.56 Å². The van der Waals surface area contributed by atoms with Crippen molar-refractivity contribution in [1.82, 2.24) is 0 Å². The van der Waals surface area contributed by atoms with E-state index < -0.39 is 11.8 Å². The van der Waals surface area contributed by atoms with Crippen molar-refractivity contribution in [3.05, 3.63) is 35.9 Å². The molecule has 0 bridgehead atoms. The van der Waals surface area contributed by atoms with Crippen LogP contribution in [0.2, 0.25) is 0 Å². The fourth-order valence-corrected chi connectivity index (χ4v) is 0.955. The van der Waals surface area contributed by atoms with E-state index in [2.05, 4.69) is 0 Å². The van der Waals surface area contributed by atoms with Crippen molar-refractivity contribution in [3.63, 3.8) is 0 Å². The van der Waals surface area contributed by atoms with Gasteiger partial charge >= 0.3 is 29.6 Å². The number of carbonyl (C=O) groups excluding carboxylic acids is 2. The summed E-state index contributed by atoms with van der Waals surface area (Å²) in [7, 11) is 1.55. The van der Waals surface area contributed by atoms with Crippen molar-refractivity contribution in [2.75, 3.05) is 7.11 Å². The predicted molar refractivity (Wildman–Crippen MR) is 52.0 cm³/mol. The van der Waals surface area contributed by atoms with Crippen molar-refractivity contribution < 1.29 is 49.0 Å². The van der Waals surface area contributed by atoms with Crippen LogP contribution in [-0.2, 0) is 9.59 Å². The Kier molecular flexibility index (Phi) is 6.72. The van der Waals surface area contributed by atoms with Gasteiger partial charge in [0, 0.05) is 0 Å². The maximum Gasteiger partial charge on any atom is 1.00 e. The minimum absolute atomic E-state index is 0. The summed E-state index contributed by atoms with van der Waals surface area (Å²) in [6.45, 7) is 0. The molecule has 0 aliphatic carbocycles. The van der Waals surface area contributed by atoms with Crippen LogP contribution in [0.3, 0.4) is 0 Å². The molecule has 4 nitrogen and oxygen atoms in total. The van der Waals surface area contributed by atoms with E-state index in [-0.39, 0.29) is 29.6 Å². The van der Waals surface area contributed by atoms with Gasteiger partial charge in [-0.05, 0) is 23.8 Å². The van der Waals surface area contributed by atoms with Gasteiger partial charge in [0.2, 0.25) is 5.78 Å². The van der Waals surface area contributed by atoms with Crippen molar-refractivity contribution in [3.8, 4) is 5.75 Å². The van der Waals surface area contributed by atoms with Crippen LogP contribution in [-0.4, -0.2) is 18.9 Å². The van der Waals surface area contributed by atoms with Crippen LogP contribution in [0.25, 0.3) is 6.08 Å². The van der Waals surface area contributed by atoms with Crippen LogP contribution < -0.4 is 39.4 Å². The van der Waals surface area contributed by atoms with E-state index in [1.54, 1.807) is 31.4 Å². The first-order valence-corrected chi connectivity index (χ1v) is 4.21. The molecule has 0 fully saturated rings. The van der Waals surface area contributed by atoms with Crippen LogP contribution in [0.15, 0.2) is 30.3 Å². The summed E-state index contributed by atoms with van der Waals surface area (Å²) in [4.78, 5) is 20.8. The first-order valence-electron chi connectivity index (χ1n) is 4.21. The summed E-state index contributed by atoms with van der Waals surface area (Å²) in [6, 6.07) is 6.84. The number of rotatable bonds is 4. The third kappa shape index (κ3) is 4.61. The number of hydrogen-bond donors (Lipinski definition) is 0. The van der Waals surface area contributed by atoms with Gasteiger partial charge in [-0.2, -0.15) is 0 Å². The topological polar surface area (TPSA) is 66.4 Å². The Balaban J connectivity index is 0.00000225. The maximum atomic E-state index is 10.7. The summed E-state index contributed by atoms with van der Waals surface area (Å²) in [5.74, 6) is -2.07. The minimum Gasteiger partial charge on any atom is -0.541 e. The van der Waals surface area contributed by atoms with E-state index in [0.717, 1.165) is 6.08 Å². The third-order valence-electron chi connectivity index (χ3n) is 1.74. The molecule has 0 unspecified atom stereocenters. The predicted octanol–water partition coefficient (Wildman–Crippen LogP) is -2.97. The van der Waals surface area contributed by atoms with Gasteiger partial charge in [-0.25, -0.2) is 0 Å². The van der Waals surface area contributed by atoms with Gasteiger partial charge in [0.05, 0.1) is 7.11 Å². The molecular formula is C11H9NaO4. The molecule has 0 N–H and O–H groups in total. The van der Waals surface area contributed by atoms with Crippen LogP contribution in [0.4, 0.5) is 0 Å². The smallest absolute Gasteiger partial charge is 0.541 e. The summed E-state index contributed by atoms with van der Waals surface area (Å²) < 4.78 is 4.94. The third-order valence-corrected chi connectivity index (χ3v) is 1.74. The van der Waals surface area contributed by atoms with E-state index in [4.69, 9.17) is 4.74 Å². The van der Waals surface area contributed by atoms with Crippen molar-refractivity contribution >= 4 is 17.8 Å². The second-order valence-corrected chi connectivity index (χ2v) is 2.76. The molecule has 0 saturated carbocycles. The number of benzene rings is 1. The van der Waals surface area contributed by atoms with Crippen LogP contribution >= 0.6 is 0 Å². The van der Waals surface area contributed by atoms with Crippen LogP contribution in [0.5, 0.6) is 5.75 Å². The molecule has 5 heteroatoms. The monoisotopic (exact) mass is 228 g/mol. The Morgan fingerprint density at radius 1 is 1.25 bits per heavy atom. The van der Waals surface area contributed by atoms with Gasteiger partial charge in [0.1, 0.15) is 11.7 Å². The van der Waals surface area contributed by atoms with E-state index in [1.807, 2.05) is 0 Å². The first-order chi connectivity index (χ1) is 7.13. The average molecular weight is 228 g/mol. The van der Waals surface area contributed by atoms with Gasteiger partial charge in [-0.1, -0.05) is 18.2 Å². The van der Waals surface area contributed by atoms with Gasteiger partial charge < -0.3 is 14.6 Å². The molecular weight excluding hydrogens is 219 g/mol. The normalized spacial score (nSPS) is 9.56. The number of carboxylic acids is 1. The molecule has 1 aromatic carbocycles. The van der Waals surface area contributed by atoms with Gasteiger partial charge in [0.25, 0.3) is 0 Å². The van der Waals surface area contributed by atoms with E-state index in [1.165, 1.54) is 6.08 Å². The van der Waals surface area contributed by atoms with Gasteiger partial charge in [-0.3, -0.25) is 4.79 Å². The van der Waals surface area contributed by atoms with E-state index in [0.29, 0.717) is 11.3 Å². The molecule has 16 heavy (non-hydrogen) atoms. The fourth-order valence-electron chi connectivity index (χ4n) is 0.955. The van der Waals surface area contributed by atoms with E-state index >= 15 is 0 Å². The number of methoxy groups -OCH3 is 1. The largest absolute Gasteiger partial charge is 1.00 e. The molecule has 0 radical (unpaired) electrons. The molecule has 0 spiro atoms. The van der Waals surface area contributed by atoms with E-state index in [9.17, 15) is 14.7 Å². The minimum atomic E-state index is -1.71. The number of ketones is 1. The zero-order valence-electron chi connectivity index (χ0n) is 9.10. The van der Waals surface area contributed by atoms with Gasteiger partial charge in [-0.15, -0.1) is 0 Å². The number of ether oxygens (including phenoxy) is 1. The zero-order chi connectivity index (χ0) is 11.3. The number of hydrogen-bond acceptors (Lipinski definition) is 4. The molecule has 1 aromatic rings. The quantitative estimate of drug-likeness (QED) is 0.313. The Hall–Kier alpha value is -1.10. The Morgan fingerprint density at radius 3 is 2.25 bits per heavy atom. The average Bonchev–Trinajstić information content (AvgIpc) is 2.26. The zero-order valence-corrected chi connectivity index (χ0v) is 11.1. The fraction of sp³-hybridized carbons (Fsp3) is 0.0909. The molecule has 78 valence electrons. The second kappa shape index (κ2) is 7.22. The molecule has 0 amide bonds. The Bertz CT molecular complexity index is 395. The SMILES string of the molecule is COc1ccc(/C=C/C(=O)C(=O)[O-])cc1.[Na+]. The molecule has 0 aromatic heterocycles. The summed E-state index contributed by atoms with van der Waals surface area (Å²) in [6.07, 6.45) is 2.36. The van der Waals surface area contributed by atoms with Gasteiger partial charge in [0.15, 0.2) is 0 Å². The van der Waals surface area contributed by atoms with Crippen molar-refractivity contribution in [2.45, 2.75) is 0 Å². The second-order valence-electron chi connectivity index (χ2n) is 2.76. The molecule has 0 aliphatic rings. The first kappa shape index (κ1) is 14.9. The number of aliphatic carboxylic acids is 1. The van der Waals surface area contributed by atoms with Crippen molar-refractivity contribution in [2.24, 2.45) is 0 Å². The summed E-state index contributed by atoms with van der Waals surface area (Å²) in [5.41, 5.74) is 0.713. The molecule has 0 atom stereocenters. The molecule has 0 saturated heterocycles. The number of carbonyl (C=O) groups is 2. The standard InChI is InChI=1S/C11H10O4.Na/c1-15-9-5-2-8(3-6-9)4-7-10(12)11(13)14;/h2-7H,1H3,(H,13,14);/q;+1/p-1/b7-4+;. The summed E-state index contributed by atoms with van der Waals surface area (Å²) >= 11 is 0. The maximum absolute atomic E-state index is 10.7. The number of carboxylic acid groups (broad SMARTS) is 1. The van der Waals surface area contributed by atoms with Crippen molar-refractivity contribution in [1.29, 1.82) is 0 Å². The van der Waals surface area contributed by atoms with Crippen LogP contribution in [0, 0.1) is 0 Å².